The van der Waals surface area contributed by atoms with Gasteiger partial charge in [0.1, 0.15) is 6.04 Å². The lowest BCUT2D eigenvalue weighted by molar-refractivity contribution is -0.138. The predicted octanol–water partition coefficient (Wildman–Crippen LogP) is 4.83. The van der Waals surface area contributed by atoms with Crippen LogP contribution in [0.15, 0.2) is 59.5 Å². The molecule has 0 radical (unpaired) electrons. The molecule has 1 saturated heterocycles. The van der Waals surface area contributed by atoms with Crippen LogP contribution in [0.5, 0.6) is 0 Å². The van der Waals surface area contributed by atoms with Gasteiger partial charge in [-0.15, -0.1) is 0 Å². The number of halogens is 3. The maximum absolute atomic E-state index is 13.7. The zero-order chi connectivity index (χ0) is 30.0. The first-order valence-corrected chi connectivity index (χ1v) is 15.7. The molecule has 2 aliphatic rings. The van der Waals surface area contributed by atoms with Gasteiger partial charge in [0.25, 0.3) is 5.91 Å². The van der Waals surface area contributed by atoms with Crippen molar-refractivity contribution < 1.29 is 31.2 Å². The third-order valence-electron chi connectivity index (χ3n) is 8.51. The summed E-state index contributed by atoms with van der Waals surface area (Å²) < 4.78 is 66.6. The second-order valence-corrected chi connectivity index (χ2v) is 13.6. The molecule has 1 aliphatic heterocycles. The van der Waals surface area contributed by atoms with Gasteiger partial charge in [0.2, 0.25) is 5.91 Å². The van der Waals surface area contributed by atoms with E-state index in [1.54, 1.807) is 35.2 Å². The number of sulfone groups is 1. The van der Waals surface area contributed by atoms with E-state index in [0.29, 0.717) is 31.6 Å². The molecule has 2 aromatic carbocycles. The van der Waals surface area contributed by atoms with Crippen molar-refractivity contribution in [1.29, 1.82) is 0 Å². The number of amides is 2. The number of carbonyl (C=O) groups is 2. The molecule has 0 bridgehead atoms. The third kappa shape index (κ3) is 7.12. The van der Waals surface area contributed by atoms with E-state index in [4.69, 9.17) is 0 Å². The second kappa shape index (κ2) is 12.1. The lowest BCUT2D eigenvalue weighted by atomic mass is 9.79. The minimum absolute atomic E-state index is 0.189. The van der Waals surface area contributed by atoms with Crippen molar-refractivity contribution in [3.8, 4) is 0 Å². The van der Waals surface area contributed by atoms with Gasteiger partial charge < -0.3 is 15.5 Å². The SMILES string of the molecule is CC(C)C(C)NC1CCC(CS(=O)(=O)c2ccccc2)(N2CC[C@H](NC(=O)c3cccc(C(F)(F)F)c3)C2=O)CC1. The summed E-state index contributed by atoms with van der Waals surface area (Å²) in [7, 11) is -3.74. The molecule has 1 unspecified atom stereocenters. The van der Waals surface area contributed by atoms with Crippen LogP contribution in [0.1, 0.15) is 68.8 Å². The van der Waals surface area contributed by atoms with Gasteiger partial charge in [0, 0.05) is 24.2 Å². The number of likely N-dealkylation sites (tertiary alicyclic amines) is 1. The highest BCUT2D eigenvalue weighted by Gasteiger charge is 2.50. The largest absolute Gasteiger partial charge is 0.416 e. The normalized spacial score (nSPS) is 24.5. The summed E-state index contributed by atoms with van der Waals surface area (Å²) in [5.74, 6) is -0.994. The van der Waals surface area contributed by atoms with E-state index in [-0.39, 0.29) is 41.3 Å². The van der Waals surface area contributed by atoms with Crippen LogP contribution < -0.4 is 10.6 Å². The molecular weight excluding hydrogens is 555 g/mol. The lowest BCUT2D eigenvalue weighted by Crippen LogP contribution is -2.59. The smallest absolute Gasteiger partial charge is 0.340 e. The van der Waals surface area contributed by atoms with Crippen LogP contribution in [0.2, 0.25) is 0 Å². The van der Waals surface area contributed by atoms with Gasteiger partial charge in [0.05, 0.1) is 21.8 Å². The molecular formula is C30H38F3N3O4S. The Morgan fingerprint density at radius 2 is 1.68 bits per heavy atom. The Labute approximate surface area is 239 Å². The van der Waals surface area contributed by atoms with E-state index in [1.165, 1.54) is 6.07 Å². The average molecular weight is 594 g/mol. The number of hydrogen-bond donors (Lipinski definition) is 2. The molecule has 0 spiro atoms. The molecule has 2 amide bonds. The van der Waals surface area contributed by atoms with Gasteiger partial charge in [-0.1, -0.05) is 38.1 Å². The van der Waals surface area contributed by atoms with Crippen molar-refractivity contribution in [2.24, 2.45) is 5.92 Å². The molecule has 2 aromatic rings. The first-order chi connectivity index (χ1) is 19.2. The Balaban J connectivity index is 1.54. The molecule has 2 atom stereocenters. The zero-order valence-corrected chi connectivity index (χ0v) is 24.4. The van der Waals surface area contributed by atoms with Crippen LogP contribution in [0, 0.1) is 5.92 Å². The van der Waals surface area contributed by atoms with Crippen molar-refractivity contribution in [2.45, 2.75) is 87.6 Å². The summed E-state index contributed by atoms with van der Waals surface area (Å²) in [6.07, 6.45) is -2.04. The van der Waals surface area contributed by atoms with E-state index in [2.05, 4.69) is 31.4 Å². The Bertz CT molecular complexity index is 1340. The summed E-state index contributed by atoms with van der Waals surface area (Å²) >= 11 is 0. The minimum atomic E-state index is -4.60. The van der Waals surface area contributed by atoms with Gasteiger partial charge in [-0.3, -0.25) is 9.59 Å². The summed E-state index contributed by atoms with van der Waals surface area (Å²) in [6, 6.07) is 11.7. The highest BCUT2D eigenvalue weighted by molar-refractivity contribution is 7.91. The van der Waals surface area contributed by atoms with Gasteiger partial charge in [0.15, 0.2) is 9.84 Å². The molecule has 0 aromatic heterocycles. The number of carbonyl (C=O) groups excluding carboxylic acids is 2. The van der Waals surface area contributed by atoms with Gasteiger partial charge in [-0.25, -0.2) is 8.42 Å². The monoisotopic (exact) mass is 593 g/mol. The second-order valence-electron chi connectivity index (χ2n) is 11.7. The number of nitrogens with zero attached hydrogens (tertiary/aromatic N) is 1. The van der Waals surface area contributed by atoms with Crippen LogP contribution in [0.25, 0.3) is 0 Å². The summed E-state index contributed by atoms with van der Waals surface area (Å²) in [5, 5.41) is 6.22. The van der Waals surface area contributed by atoms with E-state index in [9.17, 15) is 31.2 Å². The zero-order valence-electron chi connectivity index (χ0n) is 23.6. The number of hydrogen-bond acceptors (Lipinski definition) is 5. The topological polar surface area (TPSA) is 95.6 Å². The van der Waals surface area contributed by atoms with E-state index >= 15 is 0 Å². The Hall–Kier alpha value is -2.92. The number of rotatable bonds is 9. The van der Waals surface area contributed by atoms with E-state index in [0.717, 1.165) is 18.2 Å². The number of benzene rings is 2. The number of alkyl halides is 3. The molecule has 224 valence electrons. The first-order valence-electron chi connectivity index (χ1n) is 14.1. The highest BCUT2D eigenvalue weighted by atomic mass is 32.2. The molecule has 4 rings (SSSR count). The van der Waals surface area contributed by atoms with Crippen molar-refractivity contribution >= 4 is 21.7 Å². The van der Waals surface area contributed by atoms with Crippen molar-refractivity contribution in [3.63, 3.8) is 0 Å². The lowest BCUT2D eigenvalue weighted by Gasteiger charge is -2.47. The molecule has 2 fully saturated rings. The Kier molecular flexibility index (Phi) is 9.18. The molecule has 41 heavy (non-hydrogen) atoms. The standard InChI is InChI=1S/C30H38F3N3O4S/c1-20(2)21(3)34-24-12-15-29(16-13-24,19-41(39,40)25-10-5-4-6-11-25)36-17-14-26(28(36)38)35-27(37)22-8-7-9-23(18-22)30(31,32)33/h4-11,18,20-21,24,26,34H,12-17,19H2,1-3H3,(H,35,37)/t21?,24?,26-,29?/m0/s1. The van der Waals surface area contributed by atoms with Gasteiger partial charge >= 0.3 is 6.18 Å². The predicted molar refractivity (Wildman–Crippen MR) is 150 cm³/mol. The number of nitrogens with one attached hydrogen (secondary N) is 2. The fraction of sp³-hybridized carbons (Fsp3) is 0.533. The van der Waals surface area contributed by atoms with Crippen LogP contribution in [-0.4, -0.2) is 61.1 Å². The molecule has 2 N–H and O–H groups in total. The first kappa shape index (κ1) is 31.0. The molecule has 1 saturated carbocycles. The minimum Gasteiger partial charge on any atom is -0.340 e. The Morgan fingerprint density at radius 3 is 2.29 bits per heavy atom. The van der Waals surface area contributed by atoms with Gasteiger partial charge in [-0.2, -0.15) is 13.2 Å². The summed E-state index contributed by atoms with van der Waals surface area (Å²) in [6.45, 7) is 6.63. The third-order valence-corrected chi connectivity index (χ3v) is 10.4. The van der Waals surface area contributed by atoms with Crippen molar-refractivity contribution in [2.75, 3.05) is 12.3 Å². The Morgan fingerprint density at radius 1 is 1.02 bits per heavy atom. The van der Waals surface area contributed by atoms with E-state index < -0.39 is 45.0 Å². The van der Waals surface area contributed by atoms with Crippen LogP contribution in [-0.2, 0) is 20.8 Å². The maximum Gasteiger partial charge on any atom is 0.416 e. The quantitative estimate of drug-likeness (QED) is 0.435. The summed E-state index contributed by atoms with van der Waals surface area (Å²) in [5.41, 5.74) is -2.11. The fourth-order valence-electron chi connectivity index (χ4n) is 5.81. The van der Waals surface area contributed by atoms with Crippen molar-refractivity contribution in [3.05, 3.63) is 65.7 Å². The maximum atomic E-state index is 13.7. The van der Waals surface area contributed by atoms with Gasteiger partial charge in [-0.05, 0) is 75.3 Å². The molecule has 7 nitrogen and oxygen atoms in total. The fourth-order valence-corrected chi connectivity index (χ4v) is 7.70. The van der Waals surface area contributed by atoms with Crippen LogP contribution in [0.3, 0.4) is 0 Å². The highest BCUT2D eigenvalue weighted by Crippen LogP contribution is 2.39. The van der Waals surface area contributed by atoms with E-state index in [1.807, 2.05) is 0 Å². The summed E-state index contributed by atoms with van der Waals surface area (Å²) in [4.78, 5) is 28.3. The molecule has 1 aliphatic carbocycles. The molecule has 11 heteroatoms. The average Bonchev–Trinajstić information content (AvgIpc) is 3.30. The van der Waals surface area contributed by atoms with Crippen molar-refractivity contribution in [1.82, 2.24) is 15.5 Å². The molecule has 1 heterocycles. The van der Waals surface area contributed by atoms with Crippen LogP contribution in [0.4, 0.5) is 13.2 Å². The van der Waals surface area contributed by atoms with Crippen LogP contribution >= 0.6 is 0 Å².